The molecule has 0 spiro atoms. The van der Waals surface area contributed by atoms with Crippen molar-refractivity contribution in [3.8, 4) is 0 Å². The second-order valence-electron chi connectivity index (χ2n) is 5.79. The average molecular weight is 261 g/mol. The topological polar surface area (TPSA) is 29.1 Å². The number of benzene rings is 1. The van der Waals surface area contributed by atoms with Crippen molar-refractivity contribution in [3.05, 3.63) is 35.6 Å². The Labute approximate surface area is 113 Å². The largest absolute Gasteiger partial charge is 0.310 e. The number of piperidine rings is 1. The molecule has 4 atom stereocenters. The van der Waals surface area contributed by atoms with Gasteiger partial charge in [0.25, 0.3) is 0 Å². The molecule has 0 amide bonds. The van der Waals surface area contributed by atoms with Gasteiger partial charge in [-0.1, -0.05) is 19.1 Å². The van der Waals surface area contributed by atoms with Gasteiger partial charge < -0.3 is 5.32 Å². The predicted molar refractivity (Wildman–Crippen MR) is 72.5 cm³/mol. The Balaban J connectivity index is 1.92. The fourth-order valence-corrected chi connectivity index (χ4v) is 3.79. The summed E-state index contributed by atoms with van der Waals surface area (Å²) in [6, 6.07) is 7.56. The molecule has 2 aliphatic rings. The van der Waals surface area contributed by atoms with Crippen molar-refractivity contribution < 1.29 is 9.18 Å². The number of Topliss-reactive ketones (excluding diaryl/α,β-unsaturated/α-hetero) is 1. The van der Waals surface area contributed by atoms with Crippen LogP contribution in [0.3, 0.4) is 0 Å². The minimum Gasteiger partial charge on any atom is -0.310 e. The third-order valence-electron chi connectivity index (χ3n) is 4.70. The van der Waals surface area contributed by atoms with Gasteiger partial charge in [-0.15, -0.1) is 0 Å². The lowest BCUT2D eigenvalue weighted by molar-refractivity contribution is -0.124. The first kappa shape index (κ1) is 12.8. The first-order chi connectivity index (χ1) is 9.19. The summed E-state index contributed by atoms with van der Waals surface area (Å²) in [5.74, 6) is 0.451. The molecule has 0 aliphatic carbocycles. The van der Waals surface area contributed by atoms with E-state index in [-0.39, 0.29) is 17.7 Å². The van der Waals surface area contributed by atoms with Crippen LogP contribution in [0.4, 0.5) is 4.39 Å². The number of rotatable bonds is 3. The molecule has 2 nitrogen and oxygen atoms in total. The minimum absolute atomic E-state index is 0.0641. The van der Waals surface area contributed by atoms with Crippen molar-refractivity contribution >= 4 is 5.78 Å². The third-order valence-corrected chi connectivity index (χ3v) is 4.70. The van der Waals surface area contributed by atoms with Crippen LogP contribution in [-0.2, 0) is 4.79 Å². The van der Waals surface area contributed by atoms with E-state index < -0.39 is 0 Å². The molecule has 1 unspecified atom stereocenters. The van der Waals surface area contributed by atoms with Crippen LogP contribution in [0.1, 0.15) is 44.1 Å². The van der Waals surface area contributed by atoms with Crippen molar-refractivity contribution in [1.82, 2.24) is 5.32 Å². The summed E-state index contributed by atoms with van der Waals surface area (Å²) in [6.45, 7) is 1.94. The van der Waals surface area contributed by atoms with Gasteiger partial charge in [0.1, 0.15) is 11.6 Å². The maximum absolute atomic E-state index is 13.1. The van der Waals surface area contributed by atoms with Gasteiger partial charge in [0.05, 0.1) is 0 Å². The number of fused-ring (bicyclic) bond motifs is 2. The molecular formula is C16H20FNO. The van der Waals surface area contributed by atoms with Gasteiger partial charge in [-0.3, -0.25) is 4.79 Å². The molecule has 0 radical (unpaired) electrons. The molecule has 2 bridgehead atoms. The van der Waals surface area contributed by atoms with Crippen LogP contribution >= 0.6 is 0 Å². The summed E-state index contributed by atoms with van der Waals surface area (Å²) < 4.78 is 13.1. The predicted octanol–water partition coefficient (Wildman–Crippen LogP) is 3.03. The van der Waals surface area contributed by atoms with Gasteiger partial charge in [0.2, 0.25) is 0 Å². The average Bonchev–Trinajstić information content (AvgIpc) is 2.80. The first-order valence-corrected chi connectivity index (χ1v) is 7.23. The smallest absolute Gasteiger partial charge is 0.137 e. The number of hydrogen-bond donors (Lipinski definition) is 1. The van der Waals surface area contributed by atoms with E-state index in [0.29, 0.717) is 24.3 Å². The fourth-order valence-electron chi connectivity index (χ4n) is 3.79. The second-order valence-corrected chi connectivity index (χ2v) is 5.79. The van der Waals surface area contributed by atoms with E-state index in [1.165, 1.54) is 12.1 Å². The number of halogens is 1. The van der Waals surface area contributed by atoms with Crippen molar-refractivity contribution in [2.45, 2.75) is 50.6 Å². The quantitative estimate of drug-likeness (QED) is 0.906. The van der Waals surface area contributed by atoms with E-state index in [4.69, 9.17) is 0 Å². The van der Waals surface area contributed by atoms with Gasteiger partial charge in [-0.05, 0) is 42.9 Å². The van der Waals surface area contributed by atoms with Crippen molar-refractivity contribution in [1.29, 1.82) is 0 Å². The summed E-state index contributed by atoms with van der Waals surface area (Å²) in [4.78, 5) is 12.3. The molecule has 1 aromatic carbocycles. The standard InChI is InChI=1S/C16H20FNO/c1-2-15(19)16-13(9-12-7-8-14(16)18-12)10-3-5-11(17)6-4-10/h3-6,12-14,16,18H,2,7-9H2,1H3/t12?,13-,14-,16+/m1/s1. The van der Waals surface area contributed by atoms with Crippen LogP contribution in [0.2, 0.25) is 0 Å². The fraction of sp³-hybridized carbons (Fsp3) is 0.562. The van der Waals surface area contributed by atoms with Gasteiger partial charge >= 0.3 is 0 Å². The Morgan fingerprint density at radius 2 is 2.05 bits per heavy atom. The lowest BCUT2D eigenvalue weighted by atomic mass is 9.74. The highest BCUT2D eigenvalue weighted by molar-refractivity contribution is 5.82. The lowest BCUT2D eigenvalue weighted by Gasteiger charge is -2.37. The van der Waals surface area contributed by atoms with Crippen LogP contribution in [0.5, 0.6) is 0 Å². The number of carbonyl (C=O) groups is 1. The number of hydrogen-bond acceptors (Lipinski definition) is 2. The molecule has 2 heterocycles. The molecule has 1 aromatic rings. The van der Waals surface area contributed by atoms with Crippen LogP contribution in [0, 0.1) is 11.7 Å². The van der Waals surface area contributed by atoms with Crippen molar-refractivity contribution in [2.24, 2.45) is 5.92 Å². The van der Waals surface area contributed by atoms with Gasteiger partial charge in [-0.2, -0.15) is 0 Å². The molecule has 1 N–H and O–H groups in total. The molecule has 19 heavy (non-hydrogen) atoms. The highest BCUT2D eigenvalue weighted by Gasteiger charge is 2.44. The molecule has 2 saturated heterocycles. The number of ketones is 1. The molecule has 3 rings (SSSR count). The Morgan fingerprint density at radius 1 is 1.32 bits per heavy atom. The Hall–Kier alpha value is -1.22. The van der Waals surface area contributed by atoms with Crippen molar-refractivity contribution in [3.63, 3.8) is 0 Å². The summed E-state index contributed by atoms with van der Waals surface area (Å²) >= 11 is 0. The van der Waals surface area contributed by atoms with E-state index in [1.54, 1.807) is 0 Å². The van der Waals surface area contributed by atoms with Crippen LogP contribution < -0.4 is 5.32 Å². The monoisotopic (exact) mass is 261 g/mol. The molecule has 102 valence electrons. The molecule has 2 aliphatic heterocycles. The maximum atomic E-state index is 13.1. The Morgan fingerprint density at radius 3 is 2.74 bits per heavy atom. The number of nitrogens with one attached hydrogen (secondary N) is 1. The Bertz CT molecular complexity index is 470. The third kappa shape index (κ3) is 2.32. The van der Waals surface area contributed by atoms with Crippen LogP contribution in [-0.4, -0.2) is 17.9 Å². The summed E-state index contributed by atoms with van der Waals surface area (Å²) in [5.41, 5.74) is 1.12. The molecule has 0 saturated carbocycles. The zero-order valence-electron chi connectivity index (χ0n) is 11.2. The van der Waals surface area contributed by atoms with Crippen LogP contribution in [0.25, 0.3) is 0 Å². The second kappa shape index (κ2) is 5.04. The maximum Gasteiger partial charge on any atom is 0.137 e. The van der Waals surface area contributed by atoms with E-state index in [2.05, 4.69) is 5.32 Å². The van der Waals surface area contributed by atoms with E-state index in [9.17, 15) is 9.18 Å². The molecule has 0 aromatic heterocycles. The number of carbonyl (C=O) groups excluding carboxylic acids is 1. The van der Waals surface area contributed by atoms with E-state index in [1.807, 2.05) is 19.1 Å². The van der Waals surface area contributed by atoms with Crippen molar-refractivity contribution in [2.75, 3.05) is 0 Å². The van der Waals surface area contributed by atoms with Gasteiger partial charge in [0.15, 0.2) is 0 Å². The SMILES string of the molecule is CCC(=O)[C@H]1[C@@H](c2ccc(F)cc2)CC2CC[C@H]1N2. The van der Waals surface area contributed by atoms with E-state index in [0.717, 1.165) is 24.8 Å². The highest BCUT2D eigenvalue weighted by atomic mass is 19.1. The highest BCUT2D eigenvalue weighted by Crippen LogP contribution is 2.42. The van der Waals surface area contributed by atoms with Gasteiger partial charge in [0, 0.05) is 24.4 Å². The van der Waals surface area contributed by atoms with Gasteiger partial charge in [-0.25, -0.2) is 4.39 Å². The van der Waals surface area contributed by atoms with E-state index >= 15 is 0 Å². The zero-order chi connectivity index (χ0) is 13.4. The lowest BCUT2D eigenvalue weighted by Crippen LogP contribution is -2.47. The summed E-state index contributed by atoms with van der Waals surface area (Å²) in [7, 11) is 0. The van der Waals surface area contributed by atoms with Crippen LogP contribution in [0.15, 0.2) is 24.3 Å². The Kier molecular flexibility index (Phi) is 3.40. The molecule has 2 fully saturated rings. The molecular weight excluding hydrogens is 241 g/mol. The minimum atomic E-state index is -0.209. The molecule has 3 heteroatoms. The summed E-state index contributed by atoms with van der Waals surface area (Å²) in [5, 5.41) is 3.57. The first-order valence-electron chi connectivity index (χ1n) is 7.23. The zero-order valence-corrected chi connectivity index (χ0v) is 11.2. The summed E-state index contributed by atoms with van der Waals surface area (Å²) in [6.07, 6.45) is 3.85. The normalized spacial score (nSPS) is 33.4.